The molecule has 0 unspecified atom stereocenters. The number of hydrogen-bond donors (Lipinski definition) is 4. The summed E-state index contributed by atoms with van der Waals surface area (Å²) in [6.07, 6.45) is -0.785. The molecule has 0 saturated heterocycles. The molecule has 1 aromatic heterocycles. The lowest BCUT2D eigenvalue weighted by atomic mass is 10.0. The molecule has 1 atom stereocenters. The number of halogens is 2. The number of benzene rings is 2. The van der Waals surface area contributed by atoms with Crippen molar-refractivity contribution in [2.45, 2.75) is 12.6 Å². The van der Waals surface area contributed by atoms with Crippen molar-refractivity contribution in [3.63, 3.8) is 0 Å². The van der Waals surface area contributed by atoms with Gasteiger partial charge >= 0.3 is 5.97 Å². The quantitative estimate of drug-likeness (QED) is 0.292. The van der Waals surface area contributed by atoms with Gasteiger partial charge in [0.05, 0.1) is 12.7 Å². The van der Waals surface area contributed by atoms with E-state index in [1.807, 2.05) is 6.07 Å². The van der Waals surface area contributed by atoms with Gasteiger partial charge in [-0.15, -0.1) is 5.10 Å². The summed E-state index contributed by atoms with van der Waals surface area (Å²) >= 11 is 12.5. The van der Waals surface area contributed by atoms with Gasteiger partial charge in [-0.3, -0.25) is 10.2 Å². The van der Waals surface area contributed by atoms with Gasteiger partial charge in [0.25, 0.3) is 5.91 Å². The number of aliphatic hydroxyl groups is 1. The van der Waals surface area contributed by atoms with Gasteiger partial charge in [-0.05, 0) is 34.5 Å². The number of carbonyl (C=O) groups is 2. The first kappa shape index (κ1) is 22.5. The molecule has 0 aliphatic rings. The largest absolute Gasteiger partial charge is 0.479 e. The van der Waals surface area contributed by atoms with E-state index in [1.54, 1.807) is 36.4 Å². The average Bonchev–Trinajstić information content (AvgIpc) is 3.14. The van der Waals surface area contributed by atoms with Crippen LogP contribution in [0.25, 0.3) is 11.1 Å². The van der Waals surface area contributed by atoms with Crippen LogP contribution in [-0.2, 0) is 11.3 Å². The lowest BCUT2D eigenvalue weighted by Crippen LogP contribution is -2.47. The molecule has 4 N–H and O–H groups in total. The number of amides is 1. The molecule has 3 aromatic rings. The lowest BCUT2D eigenvalue weighted by molar-refractivity contribution is -0.148. The lowest BCUT2D eigenvalue weighted by Gasteiger charge is -2.24. The molecule has 10 nitrogen and oxygen atoms in total. The Morgan fingerprint density at radius 2 is 1.97 bits per heavy atom. The van der Waals surface area contributed by atoms with Crippen molar-refractivity contribution in [1.82, 2.24) is 25.6 Å². The summed E-state index contributed by atoms with van der Waals surface area (Å²) in [5, 5.41) is 36.8. The minimum atomic E-state index is -1.75. The molecule has 1 heterocycles. The first-order valence-electron chi connectivity index (χ1n) is 8.85. The Bertz CT molecular complexity index is 1110. The Morgan fingerprint density at radius 3 is 2.58 bits per heavy atom. The first-order chi connectivity index (χ1) is 14.7. The number of carboxylic acid groups (broad SMARTS) is 1. The molecular formula is C19H17Cl2N5O5. The number of hydrazine groups is 1. The minimum absolute atomic E-state index is 0.0267. The van der Waals surface area contributed by atoms with Crippen LogP contribution in [0.1, 0.15) is 16.1 Å². The molecule has 1 amide bonds. The molecular weight excluding hydrogens is 449 g/mol. The topological polar surface area (TPSA) is 141 Å². The van der Waals surface area contributed by atoms with Crippen molar-refractivity contribution in [2.24, 2.45) is 0 Å². The standard InChI is InChI=1S/C19H17Cl2N5O5/c20-13-3-1-2-12(7-13)14-5-4-11(6-15(14)21)8-25(10-17(27)19(29)30)23-18(28)16-9-26(31)24-22-16/h1-7,9,17,27,31H,8,10H2,(H,23,28)(H,29,30)/t17-/m1/s1. The van der Waals surface area contributed by atoms with E-state index in [1.165, 1.54) is 5.01 Å². The molecule has 0 spiro atoms. The number of aromatic nitrogens is 3. The monoisotopic (exact) mass is 465 g/mol. The summed E-state index contributed by atoms with van der Waals surface area (Å²) in [6.45, 7) is -0.388. The van der Waals surface area contributed by atoms with Gasteiger partial charge in [-0.1, -0.05) is 52.3 Å². The number of carboxylic acids is 1. The number of hydrogen-bond acceptors (Lipinski definition) is 7. The molecule has 0 bridgehead atoms. The maximum absolute atomic E-state index is 12.3. The fourth-order valence-electron chi connectivity index (χ4n) is 2.76. The Morgan fingerprint density at radius 1 is 1.19 bits per heavy atom. The maximum Gasteiger partial charge on any atom is 0.333 e. The Labute approximate surface area is 186 Å². The highest BCUT2D eigenvalue weighted by Crippen LogP contribution is 2.30. The van der Waals surface area contributed by atoms with Gasteiger partial charge in [-0.25, -0.2) is 9.80 Å². The van der Waals surface area contributed by atoms with E-state index in [-0.39, 0.29) is 12.2 Å². The summed E-state index contributed by atoms with van der Waals surface area (Å²) < 4.78 is 0. The average molecular weight is 466 g/mol. The van der Waals surface area contributed by atoms with Crippen LogP contribution in [0, 0.1) is 0 Å². The van der Waals surface area contributed by atoms with Gasteiger partial charge in [0, 0.05) is 22.2 Å². The van der Waals surface area contributed by atoms with E-state index in [2.05, 4.69) is 15.7 Å². The van der Waals surface area contributed by atoms with Gasteiger partial charge in [0.1, 0.15) is 0 Å². The number of carbonyl (C=O) groups excluding carboxylic acids is 1. The molecule has 162 valence electrons. The van der Waals surface area contributed by atoms with Crippen LogP contribution in [0.4, 0.5) is 0 Å². The van der Waals surface area contributed by atoms with Crippen molar-refractivity contribution in [2.75, 3.05) is 6.54 Å². The zero-order valence-electron chi connectivity index (χ0n) is 15.8. The van der Waals surface area contributed by atoms with Crippen LogP contribution in [0.2, 0.25) is 10.0 Å². The van der Waals surface area contributed by atoms with Gasteiger partial charge in [0.2, 0.25) is 0 Å². The van der Waals surface area contributed by atoms with Crippen molar-refractivity contribution < 1.29 is 25.0 Å². The van der Waals surface area contributed by atoms with E-state index in [0.717, 1.165) is 17.3 Å². The Balaban J connectivity index is 1.80. The second-order valence-electron chi connectivity index (χ2n) is 6.52. The Hall–Kier alpha value is -3.18. The summed E-state index contributed by atoms with van der Waals surface area (Å²) in [5.74, 6) is -2.20. The SMILES string of the molecule is O=C(NN(Cc1ccc(-c2cccc(Cl)c2)c(Cl)c1)C[C@@H](O)C(=O)O)c1cn(O)nn1. The highest BCUT2D eigenvalue weighted by atomic mass is 35.5. The number of nitrogens with one attached hydrogen (secondary N) is 1. The third-order valence-corrected chi connectivity index (χ3v) is 4.74. The zero-order valence-corrected chi connectivity index (χ0v) is 17.3. The van der Waals surface area contributed by atoms with Crippen molar-refractivity contribution in [1.29, 1.82) is 0 Å². The van der Waals surface area contributed by atoms with Crippen molar-refractivity contribution >= 4 is 35.1 Å². The third kappa shape index (κ3) is 5.92. The second kappa shape index (κ2) is 9.75. The van der Waals surface area contributed by atoms with E-state index in [9.17, 15) is 14.7 Å². The summed E-state index contributed by atoms with van der Waals surface area (Å²) in [4.78, 5) is 23.7. The fourth-order valence-corrected chi connectivity index (χ4v) is 3.27. The van der Waals surface area contributed by atoms with Crippen LogP contribution < -0.4 is 5.43 Å². The molecule has 0 radical (unpaired) electrons. The van der Waals surface area contributed by atoms with E-state index < -0.39 is 24.5 Å². The zero-order chi connectivity index (χ0) is 22.5. The Kier molecular flexibility index (Phi) is 7.08. The van der Waals surface area contributed by atoms with Gasteiger partial charge in [0.15, 0.2) is 11.8 Å². The normalized spacial score (nSPS) is 12.0. The maximum atomic E-state index is 12.3. The predicted molar refractivity (Wildman–Crippen MR) is 111 cm³/mol. The van der Waals surface area contributed by atoms with Crippen LogP contribution in [0.15, 0.2) is 48.7 Å². The van der Waals surface area contributed by atoms with Crippen LogP contribution in [0.3, 0.4) is 0 Å². The minimum Gasteiger partial charge on any atom is -0.479 e. The number of aliphatic hydroxyl groups excluding tert-OH is 1. The third-order valence-electron chi connectivity index (χ3n) is 4.20. The van der Waals surface area contributed by atoms with Crippen LogP contribution in [-0.4, -0.2) is 60.1 Å². The van der Waals surface area contributed by atoms with Crippen molar-refractivity contribution in [3.8, 4) is 11.1 Å². The predicted octanol–water partition coefficient (Wildman–Crippen LogP) is 2.08. The van der Waals surface area contributed by atoms with E-state index >= 15 is 0 Å². The number of aliphatic carboxylic acids is 1. The molecule has 3 rings (SSSR count). The van der Waals surface area contributed by atoms with E-state index in [0.29, 0.717) is 20.5 Å². The van der Waals surface area contributed by atoms with Gasteiger partial charge in [-0.2, -0.15) is 0 Å². The molecule has 0 saturated carbocycles. The summed E-state index contributed by atoms with van der Waals surface area (Å²) in [5.41, 5.74) is 4.44. The number of nitrogens with zero attached hydrogens (tertiary/aromatic N) is 4. The first-order valence-corrected chi connectivity index (χ1v) is 9.61. The highest BCUT2D eigenvalue weighted by molar-refractivity contribution is 6.34. The second-order valence-corrected chi connectivity index (χ2v) is 7.37. The van der Waals surface area contributed by atoms with Crippen LogP contribution >= 0.6 is 23.2 Å². The fraction of sp³-hybridized carbons (Fsp3) is 0.158. The van der Waals surface area contributed by atoms with E-state index in [4.69, 9.17) is 33.5 Å². The van der Waals surface area contributed by atoms with Gasteiger partial charge < -0.3 is 15.4 Å². The molecule has 0 fully saturated rings. The molecule has 31 heavy (non-hydrogen) atoms. The summed E-state index contributed by atoms with van der Waals surface area (Å²) in [6, 6.07) is 12.4. The highest BCUT2D eigenvalue weighted by Gasteiger charge is 2.22. The molecule has 12 heteroatoms. The molecule has 0 aliphatic heterocycles. The molecule has 2 aromatic carbocycles. The van der Waals surface area contributed by atoms with Crippen LogP contribution in [0.5, 0.6) is 0 Å². The smallest absolute Gasteiger partial charge is 0.333 e. The molecule has 0 aliphatic carbocycles. The van der Waals surface area contributed by atoms with Crippen molar-refractivity contribution in [3.05, 3.63) is 70.0 Å². The number of rotatable bonds is 8. The summed E-state index contributed by atoms with van der Waals surface area (Å²) in [7, 11) is 0.